The molecule has 1 aromatic carbocycles. The summed E-state index contributed by atoms with van der Waals surface area (Å²) < 4.78 is 5.83. The number of benzene rings is 1. The van der Waals surface area contributed by atoms with E-state index < -0.39 is 0 Å². The molecule has 3 heterocycles. The molecule has 144 valence electrons. The van der Waals surface area contributed by atoms with Gasteiger partial charge in [-0.05, 0) is 42.7 Å². The molecule has 2 aromatic heterocycles. The Labute approximate surface area is 172 Å². The van der Waals surface area contributed by atoms with Crippen LogP contribution in [0.2, 0.25) is 10.0 Å². The van der Waals surface area contributed by atoms with Gasteiger partial charge in [0.1, 0.15) is 5.69 Å². The zero-order valence-electron chi connectivity index (χ0n) is 15.0. The smallest absolute Gasteiger partial charge is 0.266 e. The topological polar surface area (TPSA) is 72.1 Å². The van der Waals surface area contributed by atoms with Crippen LogP contribution < -0.4 is 0 Å². The van der Waals surface area contributed by atoms with Crippen molar-refractivity contribution in [1.82, 2.24) is 20.1 Å². The van der Waals surface area contributed by atoms with Gasteiger partial charge in [0, 0.05) is 19.3 Å². The summed E-state index contributed by atoms with van der Waals surface area (Å²) in [5.41, 5.74) is 1.49. The Morgan fingerprint density at radius 2 is 2.07 bits per heavy atom. The van der Waals surface area contributed by atoms with Crippen LogP contribution in [0.4, 0.5) is 0 Å². The van der Waals surface area contributed by atoms with Crippen LogP contribution >= 0.6 is 23.2 Å². The molecule has 6 nitrogen and oxygen atoms in total. The molecule has 1 atom stereocenters. The van der Waals surface area contributed by atoms with Crippen LogP contribution in [0.15, 0.2) is 47.0 Å². The molecule has 0 N–H and O–H groups in total. The number of piperidine rings is 1. The highest BCUT2D eigenvalue weighted by molar-refractivity contribution is 6.42. The van der Waals surface area contributed by atoms with Gasteiger partial charge in [0.25, 0.3) is 5.89 Å². The van der Waals surface area contributed by atoms with Crippen molar-refractivity contribution in [1.29, 1.82) is 0 Å². The van der Waals surface area contributed by atoms with E-state index >= 15 is 0 Å². The fraction of sp³-hybridized carbons (Fsp3) is 0.300. The van der Waals surface area contributed by atoms with Gasteiger partial charge in [-0.3, -0.25) is 9.78 Å². The molecule has 3 aromatic rings. The Balaban J connectivity index is 1.43. The number of aromatic nitrogens is 3. The van der Waals surface area contributed by atoms with Crippen molar-refractivity contribution in [2.45, 2.75) is 25.2 Å². The molecule has 0 unspecified atom stereocenters. The first kappa shape index (κ1) is 18.9. The number of carbonyl (C=O) groups excluding carboxylic acids is 1. The van der Waals surface area contributed by atoms with E-state index in [1.54, 1.807) is 18.3 Å². The molecule has 0 bridgehead atoms. The maximum Gasteiger partial charge on any atom is 0.266 e. The maximum absolute atomic E-state index is 12.7. The zero-order valence-corrected chi connectivity index (χ0v) is 16.5. The van der Waals surface area contributed by atoms with Crippen LogP contribution in [0, 0.1) is 0 Å². The van der Waals surface area contributed by atoms with Crippen molar-refractivity contribution < 1.29 is 9.21 Å². The molecule has 1 amide bonds. The number of nitrogens with zero attached hydrogens (tertiary/aromatic N) is 4. The lowest BCUT2D eigenvalue weighted by Crippen LogP contribution is -2.40. The summed E-state index contributed by atoms with van der Waals surface area (Å²) in [6.45, 7) is 1.28. The van der Waals surface area contributed by atoms with E-state index in [0.29, 0.717) is 34.1 Å². The van der Waals surface area contributed by atoms with Gasteiger partial charge in [0.2, 0.25) is 11.8 Å². The average Bonchev–Trinajstić information content (AvgIpc) is 3.22. The Kier molecular flexibility index (Phi) is 5.59. The molecule has 8 heteroatoms. The second-order valence-electron chi connectivity index (χ2n) is 6.76. The van der Waals surface area contributed by atoms with Gasteiger partial charge < -0.3 is 9.32 Å². The van der Waals surface area contributed by atoms with Gasteiger partial charge in [-0.1, -0.05) is 35.3 Å². The maximum atomic E-state index is 12.7. The van der Waals surface area contributed by atoms with Crippen LogP contribution in [0.25, 0.3) is 11.6 Å². The number of amides is 1. The zero-order chi connectivity index (χ0) is 19.5. The molecule has 1 aliphatic rings. The van der Waals surface area contributed by atoms with E-state index in [9.17, 15) is 4.79 Å². The third-order valence-corrected chi connectivity index (χ3v) is 5.53. The highest BCUT2D eigenvalue weighted by atomic mass is 35.5. The van der Waals surface area contributed by atoms with E-state index in [4.69, 9.17) is 27.6 Å². The first-order valence-electron chi connectivity index (χ1n) is 9.06. The quantitative estimate of drug-likeness (QED) is 0.630. The first-order valence-corrected chi connectivity index (χ1v) is 9.82. The molecule has 28 heavy (non-hydrogen) atoms. The summed E-state index contributed by atoms with van der Waals surface area (Å²) in [5.74, 6) is 1.02. The number of carbonyl (C=O) groups is 1. The fourth-order valence-electron chi connectivity index (χ4n) is 3.33. The SMILES string of the molecule is O=C(Cc1ccc(Cl)c(Cl)c1)N1CCC[C@H](c2nnc(-c3ccccn3)o2)C1. The molecular formula is C20H18Cl2N4O2. The van der Waals surface area contributed by atoms with E-state index in [-0.39, 0.29) is 18.2 Å². The van der Waals surface area contributed by atoms with Crippen LogP contribution in [0.5, 0.6) is 0 Å². The van der Waals surface area contributed by atoms with E-state index in [2.05, 4.69) is 15.2 Å². The van der Waals surface area contributed by atoms with Crippen LogP contribution in [0.3, 0.4) is 0 Å². The summed E-state index contributed by atoms with van der Waals surface area (Å²) >= 11 is 12.0. The number of halogens is 2. The lowest BCUT2D eigenvalue weighted by atomic mass is 9.97. The van der Waals surface area contributed by atoms with Gasteiger partial charge in [-0.15, -0.1) is 10.2 Å². The molecule has 0 spiro atoms. The second kappa shape index (κ2) is 8.29. The number of pyridine rings is 1. The van der Waals surface area contributed by atoms with Crippen LogP contribution in [0.1, 0.15) is 30.2 Å². The fourth-order valence-corrected chi connectivity index (χ4v) is 3.65. The highest BCUT2D eigenvalue weighted by Crippen LogP contribution is 2.29. The third-order valence-electron chi connectivity index (χ3n) is 4.79. The van der Waals surface area contributed by atoms with Crippen LogP contribution in [-0.2, 0) is 11.2 Å². The van der Waals surface area contributed by atoms with Crippen molar-refractivity contribution >= 4 is 29.1 Å². The van der Waals surface area contributed by atoms with Crippen molar-refractivity contribution in [2.24, 2.45) is 0 Å². The molecule has 1 aliphatic heterocycles. The third kappa shape index (κ3) is 4.18. The molecule has 4 rings (SSSR count). The van der Waals surface area contributed by atoms with Crippen molar-refractivity contribution in [2.75, 3.05) is 13.1 Å². The van der Waals surface area contributed by atoms with Gasteiger partial charge in [-0.25, -0.2) is 0 Å². The van der Waals surface area contributed by atoms with E-state index in [1.807, 2.05) is 29.2 Å². The lowest BCUT2D eigenvalue weighted by Gasteiger charge is -2.31. The van der Waals surface area contributed by atoms with Crippen LogP contribution in [-0.4, -0.2) is 39.1 Å². The molecule has 1 fully saturated rings. The minimum absolute atomic E-state index is 0.0245. The summed E-state index contributed by atoms with van der Waals surface area (Å²) in [4.78, 5) is 18.8. The number of likely N-dealkylation sites (tertiary alicyclic amines) is 1. The Bertz CT molecular complexity index is 977. The number of hydrogen-bond donors (Lipinski definition) is 0. The molecular weight excluding hydrogens is 399 g/mol. The number of hydrogen-bond acceptors (Lipinski definition) is 5. The minimum Gasteiger partial charge on any atom is -0.419 e. The Hall–Kier alpha value is -2.44. The standard InChI is InChI=1S/C20H18Cl2N4O2/c21-15-7-6-13(10-16(15)22)11-18(27)26-9-3-4-14(12-26)19-24-25-20(28-19)17-5-1-2-8-23-17/h1-2,5-8,10,14H,3-4,9,11-12H2/t14-/m0/s1. The molecule has 1 saturated heterocycles. The van der Waals surface area contributed by atoms with Crippen molar-refractivity contribution in [3.63, 3.8) is 0 Å². The van der Waals surface area contributed by atoms with Gasteiger partial charge in [-0.2, -0.15) is 0 Å². The largest absolute Gasteiger partial charge is 0.419 e. The molecule has 0 radical (unpaired) electrons. The van der Waals surface area contributed by atoms with Gasteiger partial charge in [0.15, 0.2) is 0 Å². The monoisotopic (exact) mass is 416 g/mol. The second-order valence-corrected chi connectivity index (χ2v) is 7.58. The van der Waals surface area contributed by atoms with Gasteiger partial charge >= 0.3 is 0 Å². The number of rotatable bonds is 4. The lowest BCUT2D eigenvalue weighted by molar-refractivity contribution is -0.131. The first-order chi connectivity index (χ1) is 13.6. The molecule has 0 saturated carbocycles. The summed E-state index contributed by atoms with van der Waals surface area (Å²) in [5, 5.41) is 9.23. The average molecular weight is 417 g/mol. The molecule has 0 aliphatic carbocycles. The van der Waals surface area contributed by atoms with Crippen molar-refractivity contribution in [3.05, 3.63) is 64.1 Å². The Morgan fingerprint density at radius 1 is 1.18 bits per heavy atom. The van der Waals surface area contributed by atoms with E-state index in [1.165, 1.54) is 0 Å². The Morgan fingerprint density at radius 3 is 2.86 bits per heavy atom. The normalized spacial score (nSPS) is 16.9. The summed E-state index contributed by atoms with van der Waals surface area (Å²) in [6.07, 6.45) is 3.76. The highest BCUT2D eigenvalue weighted by Gasteiger charge is 2.28. The van der Waals surface area contributed by atoms with E-state index in [0.717, 1.165) is 24.9 Å². The summed E-state index contributed by atoms with van der Waals surface area (Å²) in [7, 11) is 0. The van der Waals surface area contributed by atoms with Gasteiger partial charge in [0.05, 0.1) is 22.4 Å². The predicted molar refractivity (Wildman–Crippen MR) is 106 cm³/mol. The summed E-state index contributed by atoms with van der Waals surface area (Å²) in [6, 6.07) is 10.8. The van der Waals surface area contributed by atoms with Crippen molar-refractivity contribution in [3.8, 4) is 11.6 Å². The minimum atomic E-state index is 0.0245. The predicted octanol–water partition coefficient (Wildman–Crippen LogP) is 4.39.